The monoisotopic (exact) mass is 296 g/mol. The molecule has 3 rings (SSSR count). The van der Waals surface area contributed by atoms with E-state index in [0.29, 0.717) is 0 Å². The molecule has 8 heteroatoms. The highest BCUT2D eigenvalue weighted by molar-refractivity contribution is 5.88. The molecule has 0 bridgehead atoms. The molecule has 0 spiro atoms. The largest absolute Gasteiger partial charge is 0.476 e. The fourth-order valence-corrected chi connectivity index (χ4v) is 1.91. The van der Waals surface area contributed by atoms with E-state index in [2.05, 4.69) is 10.2 Å². The lowest BCUT2D eigenvalue weighted by Gasteiger charge is -2.04. The Hall–Kier alpha value is -2.77. The van der Waals surface area contributed by atoms with Crippen molar-refractivity contribution >= 4 is 16.9 Å². The summed E-state index contributed by atoms with van der Waals surface area (Å²) in [5.74, 6) is -1.00. The molecule has 0 unspecified atom stereocenters. The van der Waals surface area contributed by atoms with Crippen LogP contribution in [0.1, 0.15) is 16.1 Å². The van der Waals surface area contributed by atoms with Crippen LogP contribution in [0.25, 0.3) is 22.4 Å². The fourth-order valence-electron chi connectivity index (χ4n) is 1.91. The number of nitrogens with one attached hydrogen (secondary N) is 1. The van der Waals surface area contributed by atoms with Gasteiger partial charge in [0.2, 0.25) is 0 Å². The van der Waals surface area contributed by atoms with Crippen molar-refractivity contribution in [1.82, 2.24) is 10.2 Å². The zero-order chi connectivity index (χ0) is 15.2. The van der Waals surface area contributed by atoms with Crippen LogP contribution in [-0.2, 0) is 6.18 Å². The van der Waals surface area contributed by atoms with Crippen LogP contribution in [0.3, 0.4) is 0 Å². The summed E-state index contributed by atoms with van der Waals surface area (Å²) in [6.07, 6.45) is -4.43. The van der Waals surface area contributed by atoms with Gasteiger partial charge in [0.1, 0.15) is 11.3 Å². The van der Waals surface area contributed by atoms with Gasteiger partial charge in [-0.1, -0.05) is 0 Å². The van der Waals surface area contributed by atoms with Crippen molar-refractivity contribution in [2.75, 3.05) is 0 Å². The number of hydrogen-bond donors (Lipinski definition) is 2. The van der Waals surface area contributed by atoms with E-state index in [9.17, 15) is 18.0 Å². The number of fused-ring (bicyclic) bond motifs is 1. The third kappa shape index (κ3) is 2.35. The lowest BCUT2D eigenvalue weighted by molar-refractivity contribution is -0.137. The van der Waals surface area contributed by atoms with Gasteiger partial charge in [-0.3, -0.25) is 5.10 Å². The molecule has 0 saturated heterocycles. The van der Waals surface area contributed by atoms with E-state index in [1.54, 1.807) is 0 Å². The van der Waals surface area contributed by atoms with Crippen LogP contribution in [0.4, 0.5) is 13.2 Å². The predicted octanol–water partition coefficient (Wildman–Crippen LogP) is 3.54. The van der Waals surface area contributed by atoms with Crippen molar-refractivity contribution in [2.45, 2.75) is 6.18 Å². The molecule has 2 heterocycles. The molecule has 2 aromatic heterocycles. The molecular formula is C13H7F3N2O3. The molecule has 108 valence electrons. The number of halogens is 3. The summed E-state index contributed by atoms with van der Waals surface area (Å²) in [5.41, 5.74) is -0.443. The lowest BCUT2D eigenvalue weighted by Crippen LogP contribution is -2.03. The molecule has 0 atom stereocenters. The van der Waals surface area contributed by atoms with Gasteiger partial charge in [0.05, 0.1) is 5.56 Å². The van der Waals surface area contributed by atoms with Gasteiger partial charge in [0, 0.05) is 11.5 Å². The Balaban J connectivity index is 2.06. The van der Waals surface area contributed by atoms with Crippen molar-refractivity contribution in [2.24, 2.45) is 0 Å². The molecule has 2 N–H and O–H groups in total. The summed E-state index contributed by atoms with van der Waals surface area (Å²) in [5, 5.41) is 15.1. The number of benzene rings is 1. The van der Waals surface area contributed by atoms with Crippen LogP contribution in [0, 0.1) is 0 Å². The van der Waals surface area contributed by atoms with Crippen LogP contribution >= 0.6 is 0 Å². The number of aromatic amines is 1. The van der Waals surface area contributed by atoms with Gasteiger partial charge in [0.25, 0.3) is 0 Å². The summed E-state index contributed by atoms with van der Waals surface area (Å²) in [6, 6.07) is 5.74. The molecule has 0 radical (unpaired) electrons. The second kappa shape index (κ2) is 4.37. The first-order chi connectivity index (χ1) is 9.84. The van der Waals surface area contributed by atoms with Crippen LogP contribution in [0.5, 0.6) is 0 Å². The minimum absolute atomic E-state index is 0.207. The molecule has 0 aliphatic rings. The molecule has 0 aliphatic carbocycles. The summed E-state index contributed by atoms with van der Waals surface area (Å²) in [7, 11) is 0. The van der Waals surface area contributed by atoms with E-state index in [4.69, 9.17) is 9.52 Å². The maximum atomic E-state index is 12.6. The third-order valence-corrected chi connectivity index (χ3v) is 2.91. The normalized spacial score (nSPS) is 12.0. The summed E-state index contributed by atoms with van der Waals surface area (Å²) in [6.45, 7) is 0. The van der Waals surface area contributed by atoms with E-state index in [-0.39, 0.29) is 28.1 Å². The van der Waals surface area contributed by atoms with Crippen molar-refractivity contribution in [3.63, 3.8) is 0 Å². The van der Waals surface area contributed by atoms with E-state index in [1.807, 2.05) is 0 Å². The molecule has 0 saturated carbocycles. The Morgan fingerprint density at radius 1 is 1.24 bits per heavy atom. The number of aromatic nitrogens is 2. The van der Waals surface area contributed by atoms with Gasteiger partial charge in [-0.15, -0.1) is 0 Å². The number of rotatable bonds is 2. The number of nitrogens with zero attached hydrogens (tertiary/aromatic N) is 1. The molecular weight excluding hydrogens is 289 g/mol. The maximum absolute atomic E-state index is 12.6. The van der Waals surface area contributed by atoms with Crippen molar-refractivity contribution < 1.29 is 27.5 Å². The SMILES string of the molecule is O=C(O)c1cc(-c2cc3cc(C(F)(F)F)ccc3o2)[nH]n1. The van der Waals surface area contributed by atoms with E-state index in [0.717, 1.165) is 12.1 Å². The Labute approximate surface area is 115 Å². The third-order valence-electron chi connectivity index (χ3n) is 2.91. The van der Waals surface area contributed by atoms with Gasteiger partial charge in [-0.05, 0) is 24.3 Å². The minimum Gasteiger partial charge on any atom is -0.476 e. The van der Waals surface area contributed by atoms with Gasteiger partial charge < -0.3 is 9.52 Å². The van der Waals surface area contributed by atoms with E-state index >= 15 is 0 Å². The molecule has 21 heavy (non-hydrogen) atoms. The average Bonchev–Trinajstić information content (AvgIpc) is 3.03. The molecule has 5 nitrogen and oxygen atoms in total. The topological polar surface area (TPSA) is 79.1 Å². The average molecular weight is 296 g/mol. The van der Waals surface area contributed by atoms with Crippen LogP contribution in [0.15, 0.2) is 34.7 Å². The molecule has 0 fully saturated rings. The second-order valence-electron chi connectivity index (χ2n) is 4.33. The van der Waals surface area contributed by atoms with Crippen LogP contribution in [-0.4, -0.2) is 21.3 Å². The van der Waals surface area contributed by atoms with Gasteiger partial charge in [-0.25, -0.2) is 4.79 Å². The Morgan fingerprint density at radius 2 is 2.00 bits per heavy atom. The highest BCUT2D eigenvalue weighted by Crippen LogP contribution is 2.34. The Kier molecular flexibility index (Phi) is 2.75. The van der Waals surface area contributed by atoms with E-state index < -0.39 is 17.7 Å². The first-order valence-electron chi connectivity index (χ1n) is 5.74. The number of carboxylic acid groups (broad SMARTS) is 1. The standard InChI is InChI=1S/C13H7F3N2O3/c14-13(15,16)7-1-2-10-6(3-7)4-11(21-10)8-5-9(12(19)20)18-17-8/h1-5H,(H,17,18)(H,19,20). The highest BCUT2D eigenvalue weighted by Gasteiger charge is 2.30. The van der Waals surface area contributed by atoms with Gasteiger partial charge in [-0.2, -0.15) is 18.3 Å². The molecule has 3 aromatic rings. The number of H-pyrrole nitrogens is 1. The summed E-state index contributed by atoms with van der Waals surface area (Å²) in [4.78, 5) is 10.7. The number of carbonyl (C=O) groups is 1. The molecule has 0 aliphatic heterocycles. The first-order valence-corrected chi connectivity index (χ1v) is 5.74. The number of aromatic carboxylic acids is 1. The van der Waals surface area contributed by atoms with Crippen LogP contribution in [0.2, 0.25) is 0 Å². The number of furan rings is 1. The number of alkyl halides is 3. The lowest BCUT2D eigenvalue weighted by atomic mass is 10.1. The summed E-state index contributed by atoms with van der Waals surface area (Å²) >= 11 is 0. The smallest absolute Gasteiger partial charge is 0.416 e. The number of carboxylic acids is 1. The van der Waals surface area contributed by atoms with Crippen LogP contribution < -0.4 is 0 Å². The quantitative estimate of drug-likeness (QED) is 0.758. The molecule has 1 aromatic carbocycles. The Morgan fingerprint density at radius 3 is 2.62 bits per heavy atom. The van der Waals surface area contributed by atoms with Crippen molar-refractivity contribution in [3.05, 3.63) is 41.6 Å². The maximum Gasteiger partial charge on any atom is 0.416 e. The fraction of sp³-hybridized carbons (Fsp3) is 0.0769. The first kappa shape index (κ1) is 13.2. The zero-order valence-corrected chi connectivity index (χ0v) is 10.2. The van der Waals surface area contributed by atoms with Crippen molar-refractivity contribution in [3.8, 4) is 11.5 Å². The minimum atomic E-state index is -4.43. The zero-order valence-electron chi connectivity index (χ0n) is 10.2. The number of hydrogen-bond acceptors (Lipinski definition) is 3. The van der Waals surface area contributed by atoms with Crippen molar-refractivity contribution in [1.29, 1.82) is 0 Å². The highest BCUT2D eigenvalue weighted by atomic mass is 19.4. The second-order valence-corrected chi connectivity index (χ2v) is 4.33. The summed E-state index contributed by atoms with van der Waals surface area (Å²) < 4.78 is 43.3. The van der Waals surface area contributed by atoms with Gasteiger partial charge >= 0.3 is 12.1 Å². The predicted molar refractivity (Wildman–Crippen MR) is 65.8 cm³/mol. The Bertz CT molecular complexity index is 833. The van der Waals surface area contributed by atoms with Gasteiger partial charge in [0.15, 0.2) is 11.5 Å². The molecule has 0 amide bonds. The van der Waals surface area contributed by atoms with E-state index in [1.165, 1.54) is 18.2 Å².